The summed E-state index contributed by atoms with van der Waals surface area (Å²) < 4.78 is 11.6. The van der Waals surface area contributed by atoms with Crippen molar-refractivity contribution in [1.82, 2.24) is 14.9 Å². The highest BCUT2D eigenvalue weighted by molar-refractivity contribution is 6.30. The molecule has 0 spiro atoms. The number of aromatic nitrogens is 2. The number of carbonyl (C=O) groups excluding carboxylic acids is 1. The summed E-state index contributed by atoms with van der Waals surface area (Å²) in [4.78, 5) is 24.9. The van der Waals surface area contributed by atoms with E-state index in [4.69, 9.17) is 21.1 Å². The molecule has 2 saturated heterocycles. The van der Waals surface area contributed by atoms with Gasteiger partial charge < -0.3 is 19.3 Å². The first-order valence-electron chi connectivity index (χ1n) is 12.1. The lowest BCUT2D eigenvalue weighted by Gasteiger charge is -2.34. The van der Waals surface area contributed by atoms with Crippen LogP contribution in [0.3, 0.4) is 0 Å². The molecule has 2 fully saturated rings. The Balaban J connectivity index is 1.32. The van der Waals surface area contributed by atoms with Crippen molar-refractivity contribution >= 4 is 23.6 Å². The Kier molecular flexibility index (Phi) is 9.38. The molecule has 2 aliphatic rings. The van der Waals surface area contributed by atoms with E-state index in [2.05, 4.69) is 21.4 Å². The molecular weight excluding hydrogens is 440 g/mol. The van der Waals surface area contributed by atoms with Gasteiger partial charge in [0.2, 0.25) is 5.95 Å². The zero-order chi connectivity index (χ0) is 23.8. The summed E-state index contributed by atoms with van der Waals surface area (Å²) >= 11 is 5.89. The lowest BCUT2D eigenvalue weighted by Crippen LogP contribution is -2.42. The van der Waals surface area contributed by atoms with Gasteiger partial charge in [0.25, 0.3) is 0 Å². The minimum Gasteiger partial charge on any atom is -0.444 e. The Labute approximate surface area is 203 Å². The largest absolute Gasteiger partial charge is 0.444 e. The van der Waals surface area contributed by atoms with E-state index in [-0.39, 0.29) is 6.09 Å². The van der Waals surface area contributed by atoms with Crippen molar-refractivity contribution in [2.45, 2.75) is 58.5 Å². The Morgan fingerprint density at radius 1 is 1.15 bits per heavy atom. The number of nitrogens with zero attached hydrogens (tertiary/aromatic N) is 4. The standard InChI is InChI=1S/C25H39ClN4O3/c1-5-19(14-20-6-10-29(11-7-20)23-27-15-22(26)16-28-23)17-32-18-21-8-12-30(13-9-21)24(31)33-25(2,3)4/h5,15-16,19-21H,1,6-14,17-18H2,2-4H3/t19-/m1/s1. The maximum atomic E-state index is 12.2. The minimum atomic E-state index is -0.447. The summed E-state index contributed by atoms with van der Waals surface area (Å²) in [5.41, 5.74) is -0.447. The first kappa shape index (κ1) is 25.8. The predicted molar refractivity (Wildman–Crippen MR) is 132 cm³/mol. The summed E-state index contributed by atoms with van der Waals surface area (Å²) in [5, 5.41) is 0.566. The van der Waals surface area contributed by atoms with Gasteiger partial charge in [-0.05, 0) is 64.7 Å². The Morgan fingerprint density at radius 3 is 2.33 bits per heavy atom. The van der Waals surface area contributed by atoms with E-state index in [1.54, 1.807) is 12.4 Å². The van der Waals surface area contributed by atoms with E-state index >= 15 is 0 Å². The average Bonchev–Trinajstić information content (AvgIpc) is 2.79. The van der Waals surface area contributed by atoms with Gasteiger partial charge in [-0.1, -0.05) is 17.7 Å². The molecule has 1 atom stereocenters. The smallest absolute Gasteiger partial charge is 0.410 e. The van der Waals surface area contributed by atoms with Crippen molar-refractivity contribution < 1.29 is 14.3 Å². The fraction of sp³-hybridized carbons (Fsp3) is 0.720. The van der Waals surface area contributed by atoms with Crippen LogP contribution in [-0.2, 0) is 9.47 Å². The van der Waals surface area contributed by atoms with E-state index in [1.165, 1.54) is 0 Å². The van der Waals surface area contributed by atoms with Crippen molar-refractivity contribution in [2.75, 3.05) is 44.3 Å². The zero-order valence-corrected chi connectivity index (χ0v) is 21.1. The third-order valence-electron chi connectivity index (χ3n) is 6.43. The second kappa shape index (κ2) is 12.0. The number of piperidine rings is 2. The van der Waals surface area contributed by atoms with Crippen LogP contribution < -0.4 is 4.90 Å². The highest BCUT2D eigenvalue weighted by Crippen LogP contribution is 2.27. The third-order valence-corrected chi connectivity index (χ3v) is 6.62. The van der Waals surface area contributed by atoms with Crippen molar-refractivity contribution in [2.24, 2.45) is 17.8 Å². The third kappa shape index (κ3) is 8.45. The van der Waals surface area contributed by atoms with Crippen LogP contribution in [0.25, 0.3) is 0 Å². The summed E-state index contributed by atoms with van der Waals surface area (Å²) in [6.45, 7) is 14.6. The summed E-state index contributed by atoms with van der Waals surface area (Å²) in [6, 6.07) is 0. The summed E-state index contributed by atoms with van der Waals surface area (Å²) in [7, 11) is 0. The maximum absolute atomic E-state index is 12.2. The first-order chi connectivity index (χ1) is 15.7. The molecule has 1 aromatic heterocycles. The number of hydrogen-bond donors (Lipinski definition) is 0. The molecule has 3 heterocycles. The Hall–Kier alpha value is -1.86. The molecule has 33 heavy (non-hydrogen) atoms. The van der Waals surface area contributed by atoms with E-state index in [0.717, 1.165) is 77.4 Å². The molecule has 1 amide bonds. The number of hydrogen-bond acceptors (Lipinski definition) is 6. The monoisotopic (exact) mass is 478 g/mol. The topological polar surface area (TPSA) is 67.8 Å². The molecule has 184 valence electrons. The first-order valence-corrected chi connectivity index (χ1v) is 12.5. The molecule has 0 aromatic carbocycles. The number of ether oxygens (including phenoxy) is 2. The maximum Gasteiger partial charge on any atom is 0.410 e. The molecule has 0 saturated carbocycles. The number of anilines is 1. The highest BCUT2D eigenvalue weighted by Gasteiger charge is 2.27. The Morgan fingerprint density at radius 2 is 1.76 bits per heavy atom. The second-order valence-corrected chi connectivity index (χ2v) is 10.7. The molecule has 0 N–H and O–H groups in total. The molecule has 7 nitrogen and oxygen atoms in total. The van der Waals surface area contributed by atoms with Crippen molar-refractivity contribution in [1.29, 1.82) is 0 Å². The summed E-state index contributed by atoms with van der Waals surface area (Å²) in [6.07, 6.45) is 10.4. The molecule has 2 aliphatic heterocycles. The van der Waals surface area contributed by atoms with E-state index in [1.807, 2.05) is 31.7 Å². The zero-order valence-electron chi connectivity index (χ0n) is 20.3. The number of rotatable bonds is 8. The number of likely N-dealkylation sites (tertiary alicyclic amines) is 1. The van der Waals surface area contributed by atoms with E-state index in [9.17, 15) is 4.79 Å². The average molecular weight is 479 g/mol. The van der Waals surface area contributed by atoms with Crippen LogP contribution in [0.5, 0.6) is 0 Å². The number of halogens is 1. The van der Waals surface area contributed by atoms with Crippen molar-refractivity contribution in [3.05, 3.63) is 30.1 Å². The van der Waals surface area contributed by atoms with Crippen LogP contribution in [0.4, 0.5) is 10.7 Å². The lowest BCUT2D eigenvalue weighted by atomic mass is 9.87. The number of amides is 1. The van der Waals surface area contributed by atoms with Gasteiger partial charge in [-0.3, -0.25) is 0 Å². The van der Waals surface area contributed by atoms with Crippen LogP contribution >= 0.6 is 11.6 Å². The van der Waals surface area contributed by atoms with Crippen LogP contribution in [-0.4, -0.2) is 66.0 Å². The quantitative estimate of drug-likeness (QED) is 0.478. The van der Waals surface area contributed by atoms with Gasteiger partial charge in [0, 0.05) is 38.7 Å². The van der Waals surface area contributed by atoms with Crippen LogP contribution in [0.2, 0.25) is 5.02 Å². The lowest BCUT2D eigenvalue weighted by molar-refractivity contribution is 0.00976. The van der Waals surface area contributed by atoms with Gasteiger partial charge in [-0.25, -0.2) is 14.8 Å². The molecular formula is C25H39ClN4O3. The molecule has 0 radical (unpaired) electrons. The Bertz CT molecular complexity index is 752. The molecule has 0 bridgehead atoms. The van der Waals surface area contributed by atoms with E-state index < -0.39 is 5.60 Å². The minimum absolute atomic E-state index is 0.206. The highest BCUT2D eigenvalue weighted by atomic mass is 35.5. The van der Waals surface area contributed by atoms with Crippen LogP contribution in [0, 0.1) is 17.8 Å². The van der Waals surface area contributed by atoms with Gasteiger partial charge in [-0.2, -0.15) is 0 Å². The van der Waals surface area contributed by atoms with Gasteiger partial charge in [-0.15, -0.1) is 6.58 Å². The normalized spacial score (nSPS) is 19.4. The molecule has 3 rings (SSSR count). The molecule has 8 heteroatoms. The fourth-order valence-corrected chi connectivity index (χ4v) is 4.59. The fourth-order valence-electron chi connectivity index (χ4n) is 4.49. The van der Waals surface area contributed by atoms with Gasteiger partial charge in [0.1, 0.15) is 5.60 Å². The van der Waals surface area contributed by atoms with Crippen molar-refractivity contribution in [3.8, 4) is 0 Å². The van der Waals surface area contributed by atoms with Gasteiger partial charge >= 0.3 is 6.09 Å². The SMILES string of the molecule is C=C[C@@H](COCC1CCN(C(=O)OC(C)(C)C)CC1)CC1CCN(c2ncc(Cl)cn2)CC1. The van der Waals surface area contributed by atoms with E-state index in [0.29, 0.717) is 22.8 Å². The molecule has 0 unspecified atom stereocenters. The summed E-state index contributed by atoms with van der Waals surface area (Å²) in [5.74, 6) is 2.29. The van der Waals surface area contributed by atoms with Crippen LogP contribution in [0.1, 0.15) is 52.9 Å². The molecule has 0 aliphatic carbocycles. The molecule has 1 aromatic rings. The predicted octanol–water partition coefficient (Wildman–Crippen LogP) is 5.20. The van der Waals surface area contributed by atoms with Crippen LogP contribution in [0.15, 0.2) is 25.0 Å². The van der Waals surface area contributed by atoms with Gasteiger partial charge in [0.05, 0.1) is 24.0 Å². The van der Waals surface area contributed by atoms with Gasteiger partial charge in [0.15, 0.2) is 0 Å². The van der Waals surface area contributed by atoms with Crippen molar-refractivity contribution in [3.63, 3.8) is 0 Å². The second-order valence-electron chi connectivity index (χ2n) is 10.3. The number of carbonyl (C=O) groups is 1.